The third kappa shape index (κ3) is 3.85. The predicted molar refractivity (Wildman–Crippen MR) is 88.1 cm³/mol. The van der Waals surface area contributed by atoms with E-state index in [1.807, 2.05) is 0 Å². The van der Waals surface area contributed by atoms with Gasteiger partial charge >= 0.3 is 0 Å². The Morgan fingerprint density at radius 3 is 2.48 bits per heavy atom. The van der Waals surface area contributed by atoms with Crippen LogP contribution in [0.5, 0.6) is 0 Å². The SMILES string of the molecule is CN1CCC(N)C[C@H]1C1CCN(Cc2ccccc2)CC1. The Labute approximate surface area is 129 Å². The summed E-state index contributed by atoms with van der Waals surface area (Å²) in [5, 5.41) is 0. The Hall–Kier alpha value is -0.900. The summed E-state index contributed by atoms with van der Waals surface area (Å²) in [6.07, 6.45) is 5.02. The zero-order valence-corrected chi connectivity index (χ0v) is 13.2. The van der Waals surface area contributed by atoms with Crippen LogP contribution in [0.15, 0.2) is 30.3 Å². The van der Waals surface area contributed by atoms with Crippen molar-refractivity contribution in [2.45, 2.75) is 44.3 Å². The summed E-state index contributed by atoms with van der Waals surface area (Å²) in [4.78, 5) is 5.16. The van der Waals surface area contributed by atoms with E-state index < -0.39 is 0 Å². The molecule has 1 aromatic carbocycles. The van der Waals surface area contributed by atoms with Crippen LogP contribution in [0.4, 0.5) is 0 Å². The lowest BCUT2D eigenvalue weighted by Crippen LogP contribution is -2.50. The van der Waals surface area contributed by atoms with Gasteiger partial charge in [-0.3, -0.25) is 4.90 Å². The van der Waals surface area contributed by atoms with Gasteiger partial charge in [0.1, 0.15) is 0 Å². The second kappa shape index (κ2) is 6.91. The van der Waals surface area contributed by atoms with Crippen LogP contribution in [-0.2, 0) is 6.54 Å². The van der Waals surface area contributed by atoms with Crippen molar-refractivity contribution in [3.63, 3.8) is 0 Å². The smallest absolute Gasteiger partial charge is 0.0233 e. The number of piperidine rings is 2. The summed E-state index contributed by atoms with van der Waals surface area (Å²) >= 11 is 0. The lowest BCUT2D eigenvalue weighted by Gasteiger charge is -2.43. The Kier molecular flexibility index (Phi) is 4.94. The van der Waals surface area contributed by atoms with Crippen molar-refractivity contribution < 1.29 is 0 Å². The van der Waals surface area contributed by atoms with E-state index in [9.17, 15) is 0 Å². The minimum Gasteiger partial charge on any atom is -0.328 e. The molecule has 0 radical (unpaired) electrons. The molecule has 1 unspecified atom stereocenters. The summed E-state index contributed by atoms with van der Waals surface area (Å²) in [6.45, 7) is 4.75. The van der Waals surface area contributed by atoms with Crippen LogP contribution in [0, 0.1) is 5.92 Å². The van der Waals surface area contributed by atoms with Gasteiger partial charge in [-0.15, -0.1) is 0 Å². The maximum Gasteiger partial charge on any atom is 0.0233 e. The average Bonchev–Trinajstić information content (AvgIpc) is 2.52. The number of nitrogens with two attached hydrogens (primary N) is 1. The lowest BCUT2D eigenvalue weighted by atomic mass is 9.82. The van der Waals surface area contributed by atoms with E-state index in [1.165, 1.54) is 50.9 Å². The second-order valence-corrected chi connectivity index (χ2v) is 6.93. The summed E-state index contributed by atoms with van der Waals surface area (Å²) in [5.74, 6) is 0.841. The van der Waals surface area contributed by atoms with Gasteiger partial charge < -0.3 is 10.6 Å². The molecular formula is C18H29N3. The van der Waals surface area contributed by atoms with Crippen LogP contribution in [0.25, 0.3) is 0 Å². The van der Waals surface area contributed by atoms with Gasteiger partial charge in [0.15, 0.2) is 0 Å². The van der Waals surface area contributed by atoms with Gasteiger partial charge in [0.05, 0.1) is 0 Å². The van der Waals surface area contributed by atoms with Crippen molar-refractivity contribution in [1.82, 2.24) is 9.80 Å². The highest BCUT2D eigenvalue weighted by molar-refractivity contribution is 5.14. The number of rotatable bonds is 3. The predicted octanol–water partition coefficient (Wildman–Crippen LogP) is 2.32. The molecular weight excluding hydrogens is 258 g/mol. The van der Waals surface area contributed by atoms with Crippen LogP contribution >= 0.6 is 0 Å². The highest BCUT2D eigenvalue weighted by Crippen LogP contribution is 2.29. The number of likely N-dealkylation sites (tertiary alicyclic amines) is 2. The monoisotopic (exact) mass is 287 g/mol. The quantitative estimate of drug-likeness (QED) is 0.926. The number of benzene rings is 1. The van der Waals surface area contributed by atoms with Crippen LogP contribution < -0.4 is 5.73 Å². The first kappa shape index (κ1) is 15.0. The zero-order valence-electron chi connectivity index (χ0n) is 13.2. The van der Waals surface area contributed by atoms with E-state index in [-0.39, 0.29) is 0 Å². The van der Waals surface area contributed by atoms with Gasteiger partial charge in [-0.05, 0) is 63.8 Å². The molecule has 3 rings (SSSR count). The van der Waals surface area contributed by atoms with E-state index >= 15 is 0 Å². The molecule has 116 valence electrons. The molecule has 3 nitrogen and oxygen atoms in total. The summed E-state index contributed by atoms with van der Waals surface area (Å²) < 4.78 is 0. The molecule has 0 amide bonds. The molecule has 0 spiro atoms. The standard InChI is InChI=1S/C18H29N3/c1-20-10-9-17(19)13-18(20)16-7-11-21(12-8-16)14-15-5-3-2-4-6-15/h2-6,16-18H,7-14,19H2,1H3/t17?,18-/m0/s1. The summed E-state index contributed by atoms with van der Waals surface area (Å²) in [6, 6.07) is 12.0. The minimum atomic E-state index is 0.425. The molecule has 2 aliphatic rings. The molecule has 0 aliphatic carbocycles. The van der Waals surface area contributed by atoms with Crippen LogP contribution in [0.3, 0.4) is 0 Å². The fourth-order valence-electron chi connectivity index (χ4n) is 4.03. The Balaban J connectivity index is 1.50. The first-order valence-corrected chi connectivity index (χ1v) is 8.44. The van der Waals surface area contributed by atoms with Crippen LogP contribution in [-0.4, -0.2) is 48.6 Å². The summed E-state index contributed by atoms with van der Waals surface area (Å²) in [5.41, 5.74) is 7.62. The molecule has 1 aromatic rings. The Bertz CT molecular complexity index is 425. The van der Waals surface area contributed by atoms with Crippen LogP contribution in [0.2, 0.25) is 0 Å². The molecule has 21 heavy (non-hydrogen) atoms. The van der Waals surface area contributed by atoms with Gasteiger partial charge in [0, 0.05) is 18.6 Å². The van der Waals surface area contributed by atoms with Crippen molar-refractivity contribution in [2.75, 3.05) is 26.7 Å². The van der Waals surface area contributed by atoms with Crippen LogP contribution in [0.1, 0.15) is 31.2 Å². The number of hydrogen-bond donors (Lipinski definition) is 1. The first-order chi connectivity index (χ1) is 10.2. The molecule has 3 heteroatoms. The largest absolute Gasteiger partial charge is 0.328 e. The molecule has 2 aliphatic heterocycles. The van der Waals surface area contributed by atoms with Crippen molar-refractivity contribution >= 4 is 0 Å². The van der Waals surface area contributed by atoms with Gasteiger partial charge in [-0.1, -0.05) is 30.3 Å². The van der Waals surface area contributed by atoms with E-state index in [0.29, 0.717) is 12.1 Å². The number of nitrogens with zero attached hydrogens (tertiary/aromatic N) is 2. The van der Waals surface area contributed by atoms with Crippen molar-refractivity contribution in [3.05, 3.63) is 35.9 Å². The fraction of sp³-hybridized carbons (Fsp3) is 0.667. The topological polar surface area (TPSA) is 32.5 Å². The molecule has 2 saturated heterocycles. The van der Waals surface area contributed by atoms with Gasteiger partial charge in [0.2, 0.25) is 0 Å². The summed E-state index contributed by atoms with van der Waals surface area (Å²) in [7, 11) is 2.28. The highest BCUT2D eigenvalue weighted by Gasteiger charge is 2.32. The van der Waals surface area contributed by atoms with E-state index in [2.05, 4.69) is 47.2 Å². The van der Waals surface area contributed by atoms with E-state index in [0.717, 1.165) is 12.5 Å². The highest BCUT2D eigenvalue weighted by atomic mass is 15.2. The Morgan fingerprint density at radius 2 is 1.76 bits per heavy atom. The molecule has 0 aromatic heterocycles. The fourth-order valence-corrected chi connectivity index (χ4v) is 4.03. The Morgan fingerprint density at radius 1 is 1.05 bits per heavy atom. The molecule has 2 N–H and O–H groups in total. The van der Waals surface area contributed by atoms with Crippen molar-refractivity contribution in [2.24, 2.45) is 11.7 Å². The van der Waals surface area contributed by atoms with Gasteiger partial charge in [-0.25, -0.2) is 0 Å². The van der Waals surface area contributed by atoms with E-state index in [4.69, 9.17) is 5.73 Å². The molecule has 2 fully saturated rings. The van der Waals surface area contributed by atoms with Gasteiger partial charge in [-0.2, -0.15) is 0 Å². The first-order valence-electron chi connectivity index (χ1n) is 8.44. The molecule has 2 heterocycles. The van der Waals surface area contributed by atoms with E-state index in [1.54, 1.807) is 0 Å². The van der Waals surface area contributed by atoms with Crippen molar-refractivity contribution in [3.8, 4) is 0 Å². The van der Waals surface area contributed by atoms with Gasteiger partial charge in [0.25, 0.3) is 0 Å². The molecule has 0 bridgehead atoms. The third-order valence-electron chi connectivity index (χ3n) is 5.39. The maximum atomic E-state index is 6.19. The molecule has 0 saturated carbocycles. The average molecular weight is 287 g/mol. The third-order valence-corrected chi connectivity index (χ3v) is 5.39. The number of hydrogen-bond acceptors (Lipinski definition) is 3. The van der Waals surface area contributed by atoms with Crippen molar-refractivity contribution in [1.29, 1.82) is 0 Å². The lowest BCUT2D eigenvalue weighted by molar-refractivity contribution is 0.0696. The molecule has 2 atom stereocenters. The maximum absolute atomic E-state index is 6.19. The normalized spacial score (nSPS) is 29.6. The minimum absolute atomic E-state index is 0.425. The zero-order chi connectivity index (χ0) is 14.7. The second-order valence-electron chi connectivity index (χ2n) is 6.93.